The lowest BCUT2D eigenvalue weighted by atomic mass is 10.1. The highest BCUT2D eigenvalue weighted by Gasteiger charge is 2.22. The van der Waals surface area contributed by atoms with Gasteiger partial charge in [0.1, 0.15) is 12.4 Å². The van der Waals surface area contributed by atoms with Gasteiger partial charge in [0.15, 0.2) is 5.84 Å². The first kappa shape index (κ1) is 15.3. The minimum absolute atomic E-state index is 0.0534. The molecule has 1 rings (SSSR count). The van der Waals surface area contributed by atoms with E-state index in [0.29, 0.717) is 17.9 Å². The monoisotopic (exact) mass is 265 g/mol. The average Bonchev–Trinajstić information content (AvgIpc) is 2.35. The number of hydrogen-bond acceptors (Lipinski definition) is 4. The zero-order valence-corrected chi connectivity index (χ0v) is 12.3. The minimum Gasteiger partial charge on any atom is -0.491 e. The predicted molar refractivity (Wildman–Crippen MR) is 77.0 cm³/mol. The van der Waals surface area contributed by atoms with Crippen LogP contribution in [0.3, 0.4) is 0 Å². The molecule has 19 heavy (non-hydrogen) atoms. The van der Waals surface area contributed by atoms with Crippen LogP contribution in [0.4, 0.5) is 0 Å². The second-order valence-corrected chi connectivity index (χ2v) is 5.48. The van der Waals surface area contributed by atoms with Crippen LogP contribution in [-0.4, -0.2) is 42.2 Å². The van der Waals surface area contributed by atoms with E-state index in [9.17, 15) is 0 Å². The summed E-state index contributed by atoms with van der Waals surface area (Å²) in [6, 6.07) is 5.58. The Morgan fingerprint density at radius 2 is 2.05 bits per heavy atom. The van der Waals surface area contributed by atoms with Crippen molar-refractivity contribution in [3.05, 3.63) is 29.3 Å². The molecule has 1 aromatic rings. The third kappa shape index (κ3) is 3.86. The van der Waals surface area contributed by atoms with E-state index in [1.54, 1.807) is 6.07 Å². The molecule has 106 valence electrons. The number of likely N-dealkylation sites (N-methyl/N-ethyl adjacent to an activating group) is 1. The fourth-order valence-corrected chi connectivity index (χ4v) is 1.40. The number of benzene rings is 1. The van der Waals surface area contributed by atoms with Crippen LogP contribution in [-0.2, 0) is 0 Å². The van der Waals surface area contributed by atoms with Crippen LogP contribution < -0.4 is 10.5 Å². The predicted octanol–water partition coefficient (Wildman–Crippen LogP) is 1.81. The Balaban J connectivity index is 2.97. The average molecular weight is 265 g/mol. The number of rotatable bonds is 5. The van der Waals surface area contributed by atoms with E-state index in [1.165, 1.54) is 0 Å². The maximum absolute atomic E-state index is 8.80. The highest BCUT2D eigenvalue weighted by molar-refractivity contribution is 5.99. The Bertz CT molecular complexity index is 468. The molecule has 5 heteroatoms. The Hall–Kier alpha value is -1.75. The summed E-state index contributed by atoms with van der Waals surface area (Å²) in [7, 11) is 4.01. The van der Waals surface area contributed by atoms with Crippen molar-refractivity contribution < 1.29 is 9.94 Å². The van der Waals surface area contributed by atoms with Crippen molar-refractivity contribution in [2.24, 2.45) is 10.9 Å². The Kier molecular flexibility index (Phi) is 4.78. The van der Waals surface area contributed by atoms with Crippen molar-refractivity contribution in [3.8, 4) is 5.75 Å². The molecule has 0 aliphatic carbocycles. The van der Waals surface area contributed by atoms with Gasteiger partial charge < -0.3 is 20.6 Å². The molecule has 3 N–H and O–H groups in total. The Morgan fingerprint density at radius 3 is 2.58 bits per heavy atom. The Morgan fingerprint density at radius 1 is 1.42 bits per heavy atom. The molecule has 0 atom stereocenters. The summed E-state index contributed by atoms with van der Waals surface area (Å²) in [5.41, 5.74) is 7.21. The van der Waals surface area contributed by atoms with Gasteiger partial charge in [-0.15, -0.1) is 0 Å². The molecule has 5 nitrogen and oxygen atoms in total. The molecule has 0 aliphatic rings. The van der Waals surface area contributed by atoms with Crippen LogP contribution in [0.25, 0.3) is 0 Å². The number of nitrogens with two attached hydrogens (primary N) is 1. The SMILES string of the molecule is Cc1ccc(C(N)=NO)c(OCC(C)(C)N(C)C)c1. The second kappa shape index (κ2) is 5.93. The van der Waals surface area contributed by atoms with Crippen molar-refractivity contribution in [1.29, 1.82) is 0 Å². The topological polar surface area (TPSA) is 71.1 Å². The molecular formula is C14H23N3O2. The Labute approximate surface area is 114 Å². The van der Waals surface area contributed by atoms with Crippen LogP contribution in [0.2, 0.25) is 0 Å². The number of aryl methyl sites for hydroxylation is 1. The smallest absolute Gasteiger partial charge is 0.173 e. The van der Waals surface area contributed by atoms with Crippen molar-refractivity contribution in [2.75, 3.05) is 20.7 Å². The van der Waals surface area contributed by atoms with Crippen molar-refractivity contribution in [2.45, 2.75) is 26.3 Å². The molecule has 0 fully saturated rings. The molecule has 0 spiro atoms. The fraction of sp³-hybridized carbons (Fsp3) is 0.500. The summed E-state index contributed by atoms with van der Waals surface area (Å²) in [4.78, 5) is 2.09. The molecule has 0 bridgehead atoms. The van der Waals surface area contributed by atoms with Crippen molar-refractivity contribution in [3.63, 3.8) is 0 Å². The highest BCUT2D eigenvalue weighted by atomic mass is 16.5. The lowest BCUT2D eigenvalue weighted by Gasteiger charge is -2.32. The van der Waals surface area contributed by atoms with Crippen molar-refractivity contribution >= 4 is 5.84 Å². The molecule has 0 saturated carbocycles. The van der Waals surface area contributed by atoms with Gasteiger partial charge in [-0.05, 0) is 52.6 Å². The summed E-state index contributed by atoms with van der Waals surface area (Å²) < 4.78 is 5.85. The maximum Gasteiger partial charge on any atom is 0.173 e. The molecule has 0 heterocycles. The van der Waals surface area contributed by atoms with Crippen LogP contribution in [0, 0.1) is 6.92 Å². The van der Waals surface area contributed by atoms with Crippen LogP contribution in [0.15, 0.2) is 23.4 Å². The van der Waals surface area contributed by atoms with Gasteiger partial charge in [0.05, 0.1) is 5.56 Å². The zero-order chi connectivity index (χ0) is 14.6. The number of hydrogen-bond donors (Lipinski definition) is 2. The molecule has 0 unspecified atom stereocenters. The summed E-state index contributed by atoms with van der Waals surface area (Å²) in [5, 5.41) is 11.8. The third-order valence-electron chi connectivity index (χ3n) is 3.31. The van der Waals surface area contributed by atoms with E-state index in [1.807, 2.05) is 33.2 Å². The first-order valence-corrected chi connectivity index (χ1v) is 6.16. The summed E-state index contributed by atoms with van der Waals surface area (Å²) >= 11 is 0. The van der Waals surface area contributed by atoms with Crippen LogP contribution in [0.5, 0.6) is 5.75 Å². The first-order chi connectivity index (χ1) is 8.77. The summed E-state index contributed by atoms with van der Waals surface area (Å²) in [6.45, 7) is 6.66. The number of ether oxygens (including phenoxy) is 1. The lowest BCUT2D eigenvalue weighted by molar-refractivity contribution is 0.114. The fourth-order valence-electron chi connectivity index (χ4n) is 1.40. The lowest BCUT2D eigenvalue weighted by Crippen LogP contribution is -2.43. The largest absolute Gasteiger partial charge is 0.491 e. The van der Waals surface area contributed by atoms with Gasteiger partial charge in [-0.1, -0.05) is 11.2 Å². The summed E-state index contributed by atoms with van der Waals surface area (Å²) in [6.07, 6.45) is 0. The van der Waals surface area contributed by atoms with E-state index in [4.69, 9.17) is 15.7 Å². The first-order valence-electron chi connectivity index (χ1n) is 6.16. The second-order valence-electron chi connectivity index (χ2n) is 5.48. The van der Waals surface area contributed by atoms with Gasteiger partial charge in [-0.25, -0.2) is 0 Å². The minimum atomic E-state index is -0.105. The molecule has 0 saturated heterocycles. The van der Waals surface area contributed by atoms with E-state index in [-0.39, 0.29) is 11.4 Å². The number of amidine groups is 1. The third-order valence-corrected chi connectivity index (χ3v) is 3.31. The molecule has 0 radical (unpaired) electrons. The van der Waals surface area contributed by atoms with Gasteiger partial charge in [0.2, 0.25) is 0 Å². The van der Waals surface area contributed by atoms with E-state index in [0.717, 1.165) is 5.56 Å². The van der Waals surface area contributed by atoms with E-state index >= 15 is 0 Å². The molecule has 1 aromatic carbocycles. The molecular weight excluding hydrogens is 242 g/mol. The van der Waals surface area contributed by atoms with Crippen molar-refractivity contribution in [1.82, 2.24) is 4.90 Å². The van der Waals surface area contributed by atoms with Crippen LogP contribution in [0.1, 0.15) is 25.0 Å². The van der Waals surface area contributed by atoms with Crippen LogP contribution >= 0.6 is 0 Å². The number of oxime groups is 1. The summed E-state index contributed by atoms with van der Waals surface area (Å²) in [5.74, 6) is 0.683. The number of nitrogens with zero attached hydrogens (tertiary/aromatic N) is 2. The van der Waals surface area contributed by atoms with Gasteiger partial charge >= 0.3 is 0 Å². The normalized spacial score (nSPS) is 12.8. The van der Waals surface area contributed by atoms with Gasteiger partial charge in [-0.3, -0.25) is 0 Å². The van der Waals surface area contributed by atoms with E-state index < -0.39 is 0 Å². The van der Waals surface area contributed by atoms with Gasteiger partial charge in [0, 0.05) is 5.54 Å². The molecule has 0 aliphatic heterocycles. The van der Waals surface area contributed by atoms with E-state index in [2.05, 4.69) is 23.9 Å². The standard InChI is InChI=1S/C14H23N3O2/c1-10-6-7-11(13(15)16-18)12(8-10)19-9-14(2,3)17(4)5/h6-8,18H,9H2,1-5H3,(H2,15,16). The quantitative estimate of drug-likeness (QED) is 0.368. The van der Waals surface area contributed by atoms with Gasteiger partial charge in [-0.2, -0.15) is 0 Å². The maximum atomic E-state index is 8.80. The zero-order valence-electron chi connectivity index (χ0n) is 12.3. The highest BCUT2D eigenvalue weighted by Crippen LogP contribution is 2.22. The van der Waals surface area contributed by atoms with Gasteiger partial charge in [0.25, 0.3) is 0 Å². The molecule has 0 amide bonds. The molecule has 0 aromatic heterocycles.